The van der Waals surface area contributed by atoms with Crippen molar-refractivity contribution < 1.29 is 19.3 Å². The molecule has 0 aliphatic rings. The van der Waals surface area contributed by atoms with Gasteiger partial charge < -0.3 is 15.5 Å². The van der Waals surface area contributed by atoms with Crippen LogP contribution in [0.5, 0.6) is 0 Å². The van der Waals surface area contributed by atoms with Crippen LogP contribution in [0.25, 0.3) is 0 Å². The Morgan fingerprint density at radius 2 is 1.75 bits per heavy atom. The second-order valence-corrected chi connectivity index (χ2v) is 5.98. The average Bonchev–Trinajstić information content (AvgIpc) is 2.47. The molecule has 1 aromatic carbocycles. The van der Waals surface area contributed by atoms with Crippen LogP contribution in [0.3, 0.4) is 0 Å². The molecule has 0 bridgehead atoms. The number of quaternary nitrogens is 1. The second-order valence-electron chi connectivity index (χ2n) is 5.98. The summed E-state index contributed by atoms with van der Waals surface area (Å²) in [6.45, 7) is 6.67. The first-order valence-electron chi connectivity index (χ1n) is 8.08. The minimum Gasteiger partial charge on any atom is -0.351 e. The lowest BCUT2D eigenvalue weighted by molar-refractivity contribution is -0.862. The van der Waals surface area contributed by atoms with Crippen LogP contribution in [0.2, 0.25) is 0 Å². The Kier molecular flexibility index (Phi) is 7.91. The number of hydrogen-bond donors (Lipinski definition) is 4. The maximum Gasteiger partial charge on any atom is 0.326 e. The van der Waals surface area contributed by atoms with Crippen molar-refractivity contribution in [1.29, 1.82) is 0 Å². The van der Waals surface area contributed by atoms with Crippen molar-refractivity contribution in [3.8, 4) is 0 Å². The number of rotatable bonds is 7. The largest absolute Gasteiger partial charge is 0.351 e. The monoisotopic (exact) mass is 335 g/mol. The standard InChI is InChI=1S/C17H26N4O3/c1-5-8-18-15(22)10-21(4)11-16(23)20-17(24)19-14-7-6-12(2)9-13(14)3/h6-7,9H,5,8,10-11H2,1-4H3,(H,18,22)(H2,19,20,23,24)/p+1. The first-order chi connectivity index (χ1) is 11.3. The molecule has 4 N–H and O–H groups in total. The SMILES string of the molecule is CCCNC(=O)C[NH+](C)CC(=O)NC(=O)Nc1ccc(C)cc1C. The lowest BCUT2D eigenvalue weighted by Crippen LogP contribution is -3.11. The molecule has 0 aliphatic carbocycles. The molecule has 1 unspecified atom stereocenters. The van der Waals surface area contributed by atoms with Crippen LogP contribution in [0.4, 0.5) is 10.5 Å². The van der Waals surface area contributed by atoms with Crippen LogP contribution in [0.15, 0.2) is 18.2 Å². The summed E-state index contributed by atoms with van der Waals surface area (Å²) in [4.78, 5) is 36.0. The zero-order valence-electron chi connectivity index (χ0n) is 14.8. The number of aryl methyl sites for hydroxylation is 2. The third-order valence-corrected chi connectivity index (χ3v) is 3.38. The van der Waals surface area contributed by atoms with Gasteiger partial charge in [0.15, 0.2) is 13.1 Å². The van der Waals surface area contributed by atoms with Gasteiger partial charge in [-0.05, 0) is 31.9 Å². The summed E-state index contributed by atoms with van der Waals surface area (Å²) < 4.78 is 0. The van der Waals surface area contributed by atoms with E-state index in [0.717, 1.165) is 17.5 Å². The third-order valence-electron chi connectivity index (χ3n) is 3.38. The minimum absolute atomic E-state index is 0.0415. The zero-order chi connectivity index (χ0) is 18.1. The smallest absolute Gasteiger partial charge is 0.326 e. The molecule has 132 valence electrons. The number of carbonyl (C=O) groups excluding carboxylic acids is 3. The molecule has 0 heterocycles. The molecule has 0 saturated heterocycles. The Balaban J connectivity index is 2.41. The Hall–Kier alpha value is -2.41. The Bertz CT molecular complexity index is 601. The Labute approximate surface area is 142 Å². The van der Waals surface area contributed by atoms with E-state index in [1.54, 1.807) is 13.1 Å². The van der Waals surface area contributed by atoms with E-state index in [-0.39, 0.29) is 19.0 Å². The fraction of sp³-hybridized carbons (Fsp3) is 0.471. The van der Waals surface area contributed by atoms with Gasteiger partial charge in [0.2, 0.25) is 0 Å². The van der Waals surface area contributed by atoms with E-state index in [4.69, 9.17) is 0 Å². The number of urea groups is 1. The average molecular weight is 335 g/mol. The van der Waals surface area contributed by atoms with Gasteiger partial charge in [0.1, 0.15) is 0 Å². The number of imide groups is 1. The summed E-state index contributed by atoms with van der Waals surface area (Å²) in [5.74, 6) is -0.542. The van der Waals surface area contributed by atoms with Gasteiger partial charge in [0.05, 0.1) is 7.05 Å². The van der Waals surface area contributed by atoms with Crippen LogP contribution in [-0.2, 0) is 9.59 Å². The van der Waals surface area contributed by atoms with Crippen molar-refractivity contribution in [3.63, 3.8) is 0 Å². The number of carbonyl (C=O) groups is 3. The van der Waals surface area contributed by atoms with Crippen molar-refractivity contribution in [1.82, 2.24) is 10.6 Å². The highest BCUT2D eigenvalue weighted by molar-refractivity contribution is 6.01. The molecule has 1 atom stereocenters. The number of benzene rings is 1. The van der Waals surface area contributed by atoms with E-state index in [2.05, 4.69) is 16.0 Å². The number of anilines is 1. The maximum absolute atomic E-state index is 11.9. The quantitative estimate of drug-likeness (QED) is 0.565. The van der Waals surface area contributed by atoms with Crippen LogP contribution < -0.4 is 20.9 Å². The highest BCUT2D eigenvalue weighted by atomic mass is 16.2. The molecule has 1 aromatic rings. The van der Waals surface area contributed by atoms with Crippen molar-refractivity contribution >= 4 is 23.5 Å². The molecular formula is C17H27N4O3+. The van der Waals surface area contributed by atoms with Gasteiger partial charge in [-0.3, -0.25) is 14.9 Å². The number of amides is 4. The first kappa shape index (κ1) is 19.6. The fourth-order valence-electron chi connectivity index (χ4n) is 2.22. The maximum atomic E-state index is 11.9. The normalized spacial score (nSPS) is 11.5. The third kappa shape index (κ3) is 7.23. The van der Waals surface area contributed by atoms with Crippen molar-refractivity contribution in [2.24, 2.45) is 0 Å². The van der Waals surface area contributed by atoms with Gasteiger partial charge >= 0.3 is 6.03 Å². The molecule has 7 heteroatoms. The van der Waals surface area contributed by atoms with Gasteiger partial charge in [-0.25, -0.2) is 4.79 Å². The highest BCUT2D eigenvalue weighted by Crippen LogP contribution is 2.15. The summed E-state index contributed by atoms with van der Waals surface area (Å²) in [6.07, 6.45) is 0.865. The minimum atomic E-state index is -0.574. The van der Waals surface area contributed by atoms with Gasteiger partial charge in [-0.1, -0.05) is 24.6 Å². The van der Waals surface area contributed by atoms with Crippen LogP contribution in [0, 0.1) is 13.8 Å². The molecular weight excluding hydrogens is 308 g/mol. The number of hydrogen-bond acceptors (Lipinski definition) is 3. The van der Waals surface area contributed by atoms with Crippen molar-refractivity contribution in [3.05, 3.63) is 29.3 Å². The van der Waals surface area contributed by atoms with Gasteiger partial charge in [-0.2, -0.15) is 0 Å². The van der Waals surface area contributed by atoms with Gasteiger partial charge in [0, 0.05) is 12.2 Å². The van der Waals surface area contributed by atoms with E-state index in [1.165, 1.54) is 0 Å². The fourth-order valence-corrected chi connectivity index (χ4v) is 2.22. The number of likely N-dealkylation sites (N-methyl/N-ethyl adjacent to an activating group) is 1. The summed E-state index contributed by atoms with van der Waals surface area (Å²) in [5.41, 5.74) is 2.68. The van der Waals surface area contributed by atoms with E-state index in [9.17, 15) is 14.4 Å². The summed E-state index contributed by atoms with van der Waals surface area (Å²) in [6, 6.07) is 5.06. The lowest BCUT2D eigenvalue weighted by atomic mass is 10.1. The molecule has 0 radical (unpaired) electrons. The van der Waals surface area contributed by atoms with Crippen molar-refractivity contribution in [2.75, 3.05) is 32.0 Å². The van der Waals surface area contributed by atoms with Crippen LogP contribution in [0.1, 0.15) is 24.5 Å². The topological polar surface area (TPSA) is 91.7 Å². The van der Waals surface area contributed by atoms with E-state index in [0.29, 0.717) is 17.1 Å². The molecule has 0 aromatic heterocycles. The molecule has 7 nitrogen and oxygen atoms in total. The molecule has 0 spiro atoms. The summed E-state index contributed by atoms with van der Waals surface area (Å²) >= 11 is 0. The number of nitrogens with one attached hydrogen (secondary N) is 4. The summed E-state index contributed by atoms with van der Waals surface area (Å²) in [7, 11) is 1.73. The molecule has 0 saturated carbocycles. The predicted octanol–water partition coefficient (Wildman–Crippen LogP) is -0.00756. The van der Waals surface area contributed by atoms with Gasteiger partial charge in [0.25, 0.3) is 11.8 Å². The van der Waals surface area contributed by atoms with Gasteiger partial charge in [-0.15, -0.1) is 0 Å². The Morgan fingerprint density at radius 3 is 2.38 bits per heavy atom. The zero-order valence-corrected chi connectivity index (χ0v) is 14.8. The highest BCUT2D eigenvalue weighted by Gasteiger charge is 2.16. The Morgan fingerprint density at radius 1 is 1.08 bits per heavy atom. The van der Waals surface area contributed by atoms with E-state index >= 15 is 0 Å². The molecule has 1 rings (SSSR count). The van der Waals surface area contributed by atoms with Crippen LogP contribution in [-0.4, -0.2) is 44.5 Å². The molecule has 4 amide bonds. The van der Waals surface area contributed by atoms with Crippen molar-refractivity contribution in [2.45, 2.75) is 27.2 Å². The predicted molar refractivity (Wildman–Crippen MR) is 93.0 cm³/mol. The lowest BCUT2D eigenvalue weighted by Gasteiger charge is -2.14. The van der Waals surface area contributed by atoms with E-state index in [1.807, 2.05) is 32.9 Å². The first-order valence-corrected chi connectivity index (χ1v) is 8.08. The van der Waals surface area contributed by atoms with E-state index < -0.39 is 11.9 Å². The molecule has 24 heavy (non-hydrogen) atoms. The second kappa shape index (κ2) is 9.67. The summed E-state index contributed by atoms with van der Waals surface area (Å²) in [5, 5.41) is 7.68. The molecule has 0 fully saturated rings. The van der Waals surface area contributed by atoms with Crippen LogP contribution >= 0.6 is 0 Å². The molecule has 0 aliphatic heterocycles.